The van der Waals surface area contributed by atoms with E-state index in [-0.39, 0.29) is 11.9 Å². The average Bonchev–Trinajstić information content (AvgIpc) is 2.77. The second-order valence-electron chi connectivity index (χ2n) is 7.73. The fraction of sp³-hybridized carbons (Fsp3) is 0.391. The molecule has 2 aromatic rings. The van der Waals surface area contributed by atoms with E-state index in [0.29, 0.717) is 39.0 Å². The Balaban J connectivity index is 1.46. The zero-order chi connectivity index (χ0) is 20.7. The van der Waals surface area contributed by atoms with Crippen molar-refractivity contribution in [1.82, 2.24) is 15.5 Å². The Hall–Kier alpha value is -3.02. The maximum Gasteiger partial charge on any atom is 0.317 e. The van der Waals surface area contributed by atoms with Crippen LogP contribution < -0.4 is 15.4 Å². The summed E-state index contributed by atoms with van der Waals surface area (Å²) < 4.78 is 5.22. The molecule has 6 nitrogen and oxygen atoms in total. The van der Waals surface area contributed by atoms with Gasteiger partial charge in [0.15, 0.2) is 0 Å². The van der Waals surface area contributed by atoms with E-state index in [1.165, 1.54) is 0 Å². The van der Waals surface area contributed by atoms with Gasteiger partial charge in [-0.3, -0.25) is 4.79 Å². The van der Waals surface area contributed by atoms with E-state index in [4.69, 9.17) is 4.74 Å². The van der Waals surface area contributed by atoms with Gasteiger partial charge in [0.05, 0.1) is 7.11 Å². The Labute approximate surface area is 172 Å². The minimum atomic E-state index is -0.463. The van der Waals surface area contributed by atoms with E-state index in [1.807, 2.05) is 61.5 Å². The van der Waals surface area contributed by atoms with E-state index in [9.17, 15) is 9.59 Å². The quantitative estimate of drug-likeness (QED) is 0.788. The molecule has 0 aliphatic carbocycles. The molecule has 1 aliphatic rings. The van der Waals surface area contributed by atoms with Crippen molar-refractivity contribution in [2.75, 3.05) is 20.2 Å². The molecule has 2 N–H and O–H groups in total. The van der Waals surface area contributed by atoms with Crippen LogP contribution in [-0.2, 0) is 17.9 Å². The van der Waals surface area contributed by atoms with Crippen molar-refractivity contribution in [2.24, 2.45) is 5.41 Å². The van der Waals surface area contributed by atoms with Crippen molar-refractivity contribution in [1.29, 1.82) is 0 Å². The molecule has 0 bridgehead atoms. The summed E-state index contributed by atoms with van der Waals surface area (Å²) in [7, 11) is 1.63. The molecule has 154 valence electrons. The first-order chi connectivity index (χ1) is 14.0. The number of nitrogens with zero attached hydrogens (tertiary/aromatic N) is 1. The maximum atomic E-state index is 12.8. The van der Waals surface area contributed by atoms with Crippen LogP contribution in [0.3, 0.4) is 0 Å². The van der Waals surface area contributed by atoms with Crippen LogP contribution >= 0.6 is 0 Å². The summed E-state index contributed by atoms with van der Waals surface area (Å²) in [6.07, 6.45) is 1.30. The molecule has 6 heteroatoms. The zero-order valence-electron chi connectivity index (χ0n) is 17.1. The molecule has 0 saturated carbocycles. The van der Waals surface area contributed by atoms with Crippen molar-refractivity contribution in [3.05, 3.63) is 65.7 Å². The first-order valence-corrected chi connectivity index (χ1v) is 9.98. The highest BCUT2D eigenvalue weighted by Gasteiger charge is 2.37. The number of rotatable bonds is 6. The van der Waals surface area contributed by atoms with Crippen LogP contribution in [0.15, 0.2) is 54.6 Å². The highest BCUT2D eigenvalue weighted by molar-refractivity contribution is 5.83. The molecule has 1 fully saturated rings. The summed E-state index contributed by atoms with van der Waals surface area (Å²) in [4.78, 5) is 27.0. The van der Waals surface area contributed by atoms with Crippen LogP contribution in [0, 0.1) is 5.41 Å². The molecular formula is C23H29N3O3. The van der Waals surface area contributed by atoms with Gasteiger partial charge in [-0.15, -0.1) is 0 Å². The lowest BCUT2D eigenvalue weighted by Crippen LogP contribution is -2.50. The van der Waals surface area contributed by atoms with Crippen molar-refractivity contribution in [3.63, 3.8) is 0 Å². The van der Waals surface area contributed by atoms with Crippen molar-refractivity contribution in [2.45, 2.75) is 32.9 Å². The Bertz CT molecular complexity index is 830. The predicted molar refractivity (Wildman–Crippen MR) is 112 cm³/mol. The number of carbonyl (C=O) groups is 2. The van der Waals surface area contributed by atoms with Gasteiger partial charge >= 0.3 is 6.03 Å². The molecule has 2 aromatic carbocycles. The lowest BCUT2D eigenvalue weighted by Gasteiger charge is -2.38. The second kappa shape index (κ2) is 9.45. The summed E-state index contributed by atoms with van der Waals surface area (Å²) in [6.45, 7) is 4.10. The fourth-order valence-electron chi connectivity index (χ4n) is 3.49. The topological polar surface area (TPSA) is 70.7 Å². The molecule has 0 spiro atoms. The number of amides is 3. The van der Waals surface area contributed by atoms with E-state index in [1.54, 1.807) is 12.0 Å². The molecular weight excluding hydrogens is 366 g/mol. The van der Waals surface area contributed by atoms with E-state index in [2.05, 4.69) is 10.6 Å². The molecule has 0 atom stereocenters. The van der Waals surface area contributed by atoms with Crippen LogP contribution in [0.1, 0.15) is 30.9 Å². The summed E-state index contributed by atoms with van der Waals surface area (Å²) in [5, 5.41) is 5.99. The molecule has 29 heavy (non-hydrogen) atoms. The highest BCUT2D eigenvalue weighted by Crippen LogP contribution is 2.31. The van der Waals surface area contributed by atoms with Gasteiger partial charge in [0.1, 0.15) is 5.75 Å². The Kier molecular flexibility index (Phi) is 6.75. The third-order valence-corrected chi connectivity index (χ3v) is 5.58. The normalized spacial score (nSPS) is 15.4. The monoisotopic (exact) mass is 395 g/mol. The Morgan fingerprint density at radius 1 is 0.966 bits per heavy atom. The van der Waals surface area contributed by atoms with Crippen molar-refractivity contribution >= 4 is 11.9 Å². The van der Waals surface area contributed by atoms with E-state index >= 15 is 0 Å². The number of likely N-dealkylation sites (tertiary alicyclic amines) is 1. The summed E-state index contributed by atoms with van der Waals surface area (Å²) in [5.41, 5.74) is 1.60. The number of benzene rings is 2. The van der Waals surface area contributed by atoms with Crippen LogP contribution in [-0.4, -0.2) is 37.0 Å². The standard InChI is InChI=1S/C23H29N3O3/c1-23(21(27)24-17-19-9-6-10-20(15-19)29-2)11-13-26(14-12-23)22(28)25-16-18-7-4-3-5-8-18/h3-10,15H,11-14,16-17H2,1-2H3,(H,24,27)(H,25,28). The Morgan fingerprint density at radius 3 is 2.31 bits per heavy atom. The number of hydrogen-bond acceptors (Lipinski definition) is 3. The number of hydrogen-bond donors (Lipinski definition) is 2. The summed E-state index contributed by atoms with van der Waals surface area (Å²) >= 11 is 0. The van der Waals surface area contributed by atoms with Crippen LogP contribution in [0.2, 0.25) is 0 Å². The van der Waals surface area contributed by atoms with Crippen molar-refractivity contribution < 1.29 is 14.3 Å². The molecule has 0 aromatic heterocycles. The molecule has 1 saturated heterocycles. The molecule has 0 radical (unpaired) electrons. The number of piperidine rings is 1. The number of carbonyl (C=O) groups excluding carboxylic acids is 2. The van der Waals surface area contributed by atoms with Crippen molar-refractivity contribution in [3.8, 4) is 5.75 Å². The van der Waals surface area contributed by atoms with Gasteiger partial charge in [0.2, 0.25) is 5.91 Å². The smallest absolute Gasteiger partial charge is 0.317 e. The highest BCUT2D eigenvalue weighted by atomic mass is 16.5. The minimum Gasteiger partial charge on any atom is -0.497 e. The lowest BCUT2D eigenvalue weighted by atomic mass is 9.79. The van der Waals surface area contributed by atoms with Gasteiger partial charge in [0.25, 0.3) is 0 Å². The van der Waals surface area contributed by atoms with Gasteiger partial charge < -0.3 is 20.3 Å². The molecule has 0 unspecified atom stereocenters. The van der Waals surface area contributed by atoms with Crippen LogP contribution in [0.25, 0.3) is 0 Å². The fourth-order valence-corrected chi connectivity index (χ4v) is 3.49. The molecule has 1 heterocycles. The molecule has 3 amide bonds. The lowest BCUT2D eigenvalue weighted by molar-refractivity contribution is -0.132. The van der Waals surface area contributed by atoms with Gasteiger partial charge in [-0.25, -0.2) is 4.79 Å². The van der Waals surface area contributed by atoms with Gasteiger partial charge in [-0.2, -0.15) is 0 Å². The van der Waals surface area contributed by atoms with E-state index in [0.717, 1.165) is 16.9 Å². The third-order valence-electron chi connectivity index (χ3n) is 5.58. The van der Waals surface area contributed by atoms with Gasteiger partial charge in [-0.1, -0.05) is 49.4 Å². The molecule has 3 rings (SSSR count). The largest absolute Gasteiger partial charge is 0.497 e. The van der Waals surface area contributed by atoms with Crippen LogP contribution in [0.5, 0.6) is 5.75 Å². The zero-order valence-corrected chi connectivity index (χ0v) is 17.1. The minimum absolute atomic E-state index is 0.0321. The Morgan fingerprint density at radius 2 is 1.62 bits per heavy atom. The summed E-state index contributed by atoms with van der Waals surface area (Å²) in [6, 6.07) is 17.4. The van der Waals surface area contributed by atoms with Crippen LogP contribution in [0.4, 0.5) is 4.79 Å². The number of methoxy groups -OCH3 is 1. The first-order valence-electron chi connectivity index (χ1n) is 9.98. The first kappa shape index (κ1) is 20.7. The SMILES string of the molecule is COc1cccc(CNC(=O)C2(C)CCN(C(=O)NCc3ccccc3)CC2)c1. The van der Waals surface area contributed by atoms with Gasteiger partial charge in [-0.05, 0) is 36.1 Å². The second-order valence-corrected chi connectivity index (χ2v) is 7.73. The number of ether oxygens (including phenoxy) is 1. The summed E-state index contributed by atoms with van der Waals surface area (Å²) in [5.74, 6) is 0.808. The average molecular weight is 396 g/mol. The number of nitrogens with one attached hydrogen (secondary N) is 2. The third kappa shape index (κ3) is 5.50. The van der Waals surface area contributed by atoms with E-state index < -0.39 is 5.41 Å². The molecule has 1 aliphatic heterocycles. The maximum absolute atomic E-state index is 12.8. The number of urea groups is 1. The van der Waals surface area contributed by atoms with Gasteiger partial charge in [0, 0.05) is 31.6 Å². The predicted octanol–water partition coefficient (Wildman–Crippen LogP) is 3.32.